The van der Waals surface area contributed by atoms with Crippen LogP contribution in [0, 0.1) is 5.82 Å². The molecule has 0 aliphatic carbocycles. The quantitative estimate of drug-likeness (QED) is 0.843. The van der Waals surface area contributed by atoms with Gasteiger partial charge in [0, 0.05) is 10.0 Å². The summed E-state index contributed by atoms with van der Waals surface area (Å²) >= 11 is 3.35. The molecule has 0 saturated carbocycles. The third-order valence-electron chi connectivity index (χ3n) is 2.47. The third-order valence-corrected chi connectivity index (χ3v) is 2.96. The summed E-state index contributed by atoms with van der Waals surface area (Å²) in [5, 5.41) is 0. The fraction of sp³-hybridized carbons (Fsp3) is 0.143. The lowest BCUT2D eigenvalue weighted by molar-refractivity contribution is 0.279. The van der Waals surface area contributed by atoms with Crippen molar-refractivity contribution in [2.45, 2.75) is 6.61 Å². The van der Waals surface area contributed by atoms with Gasteiger partial charge in [0.05, 0.1) is 7.11 Å². The molecule has 0 aliphatic heterocycles. The van der Waals surface area contributed by atoms with Gasteiger partial charge in [-0.25, -0.2) is 4.39 Å². The van der Waals surface area contributed by atoms with Crippen LogP contribution in [0.4, 0.5) is 4.39 Å². The van der Waals surface area contributed by atoms with Crippen molar-refractivity contribution < 1.29 is 13.9 Å². The van der Waals surface area contributed by atoms with Crippen LogP contribution in [0.25, 0.3) is 0 Å². The van der Waals surface area contributed by atoms with Crippen LogP contribution >= 0.6 is 15.9 Å². The molecule has 2 rings (SSSR count). The highest BCUT2D eigenvalue weighted by Crippen LogP contribution is 2.30. The predicted molar refractivity (Wildman–Crippen MR) is 71.4 cm³/mol. The van der Waals surface area contributed by atoms with E-state index in [0.717, 1.165) is 4.47 Å². The van der Waals surface area contributed by atoms with E-state index in [-0.39, 0.29) is 12.4 Å². The first-order valence-corrected chi connectivity index (χ1v) is 6.20. The number of ether oxygens (including phenoxy) is 2. The Morgan fingerprint density at radius 3 is 2.61 bits per heavy atom. The van der Waals surface area contributed by atoms with Gasteiger partial charge in [-0.05, 0) is 24.3 Å². The Morgan fingerprint density at radius 2 is 1.89 bits per heavy atom. The zero-order valence-corrected chi connectivity index (χ0v) is 11.4. The van der Waals surface area contributed by atoms with E-state index < -0.39 is 0 Å². The third kappa shape index (κ3) is 3.01. The highest BCUT2D eigenvalue weighted by Gasteiger charge is 2.07. The van der Waals surface area contributed by atoms with Crippen molar-refractivity contribution in [1.29, 1.82) is 0 Å². The van der Waals surface area contributed by atoms with Crippen LogP contribution in [0.15, 0.2) is 46.9 Å². The number of hydrogen-bond donors (Lipinski definition) is 0. The van der Waals surface area contributed by atoms with E-state index in [1.165, 1.54) is 6.07 Å². The summed E-state index contributed by atoms with van der Waals surface area (Å²) in [5.74, 6) is 0.929. The maximum absolute atomic E-state index is 13.4. The summed E-state index contributed by atoms with van der Waals surface area (Å²) in [4.78, 5) is 0. The van der Waals surface area contributed by atoms with Gasteiger partial charge in [-0.1, -0.05) is 34.1 Å². The Labute approximate surface area is 113 Å². The molecule has 0 spiro atoms. The van der Waals surface area contributed by atoms with Crippen LogP contribution in [0.1, 0.15) is 5.56 Å². The lowest BCUT2D eigenvalue weighted by atomic mass is 10.2. The summed E-state index contributed by atoms with van der Waals surface area (Å²) in [6, 6.07) is 12.0. The van der Waals surface area contributed by atoms with E-state index in [9.17, 15) is 4.39 Å². The first-order valence-electron chi connectivity index (χ1n) is 5.40. The van der Waals surface area contributed by atoms with Crippen molar-refractivity contribution in [3.05, 3.63) is 58.3 Å². The molecule has 2 aromatic carbocycles. The number of methoxy groups -OCH3 is 1. The van der Waals surface area contributed by atoms with Crippen LogP contribution < -0.4 is 9.47 Å². The van der Waals surface area contributed by atoms with Crippen LogP contribution in [0.3, 0.4) is 0 Å². The molecule has 0 heterocycles. The van der Waals surface area contributed by atoms with E-state index in [1.807, 2.05) is 6.07 Å². The summed E-state index contributed by atoms with van der Waals surface area (Å²) < 4.78 is 25.1. The zero-order chi connectivity index (χ0) is 13.0. The van der Waals surface area contributed by atoms with Gasteiger partial charge in [0.25, 0.3) is 0 Å². The van der Waals surface area contributed by atoms with Crippen LogP contribution in [0.5, 0.6) is 11.5 Å². The van der Waals surface area contributed by atoms with Gasteiger partial charge < -0.3 is 9.47 Å². The van der Waals surface area contributed by atoms with Gasteiger partial charge in [-0.3, -0.25) is 0 Å². The molecule has 0 N–H and O–H groups in total. The Morgan fingerprint density at radius 1 is 1.11 bits per heavy atom. The lowest BCUT2D eigenvalue weighted by Gasteiger charge is -2.11. The molecular weight excluding hydrogens is 299 g/mol. The molecular formula is C14H12BrFO2. The predicted octanol–water partition coefficient (Wildman–Crippen LogP) is 4.18. The first-order chi connectivity index (χ1) is 8.70. The molecule has 0 aliphatic rings. The minimum Gasteiger partial charge on any atom is -0.493 e. The maximum atomic E-state index is 13.4. The van der Waals surface area contributed by atoms with Crippen molar-refractivity contribution in [3.8, 4) is 11.5 Å². The van der Waals surface area contributed by atoms with Crippen molar-refractivity contribution in [1.82, 2.24) is 0 Å². The Balaban J connectivity index is 2.13. The van der Waals surface area contributed by atoms with E-state index in [4.69, 9.17) is 9.47 Å². The molecule has 0 fully saturated rings. The molecule has 2 aromatic rings. The second-order valence-corrected chi connectivity index (χ2v) is 4.59. The normalized spacial score (nSPS) is 10.2. The molecule has 2 nitrogen and oxygen atoms in total. The average molecular weight is 311 g/mol. The second kappa shape index (κ2) is 5.87. The number of hydrogen-bond acceptors (Lipinski definition) is 2. The fourth-order valence-electron chi connectivity index (χ4n) is 1.53. The largest absolute Gasteiger partial charge is 0.493 e. The Kier molecular flexibility index (Phi) is 4.20. The zero-order valence-electron chi connectivity index (χ0n) is 9.82. The number of benzene rings is 2. The molecule has 0 saturated heterocycles. The van der Waals surface area contributed by atoms with Crippen LogP contribution in [-0.4, -0.2) is 7.11 Å². The van der Waals surface area contributed by atoms with Gasteiger partial charge >= 0.3 is 0 Å². The van der Waals surface area contributed by atoms with Crippen LogP contribution in [0.2, 0.25) is 0 Å². The van der Waals surface area contributed by atoms with E-state index in [2.05, 4.69) is 15.9 Å². The highest BCUT2D eigenvalue weighted by atomic mass is 79.9. The summed E-state index contributed by atoms with van der Waals surface area (Å²) in [5.41, 5.74) is 0.516. The monoisotopic (exact) mass is 310 g/mol. The first kappa shape index (κ1) is 12.9. The van der Waals surface area contributed by atoms with E-state index in [1.54, 1.807) is 37.4 Å². The molecule has 94 valence electrons. The van der Waals surface area contributed by atoms with Gasteiger partial charge in [0.2, 0.25) is 0 Å². The van der Waals surface area contributed by atoms with Gasteiger partial charge in [-0.15, -0.1) is 0 Å². The molecule has 0 atom stereocenters. The number of halogens is 2. The lowest BCUT2D eigenvalue weighted by Crippen LogP contribution is -1.99. The molecule has 0 amide bonds. The van der Waals surface area contributed by atoms with E-state index in [0.29, 0.717) is 17.1 Å². The molecule has 0 aromatic heterocycles. The summed E-state index contributed by atoms with van der Waals surface area (Å²) in [6.07, 6.45) is 0. The summed E-state index contributed by atoms with van der Waals surface area (Å²) in [7, 11) is 1.57. The topological polar surface area (TPSA) is 18.5 Å². The second-order valence-electron chi connectivity index (χ2n) is 3.68. The Hall–Kier alpha value is -1.55. The smallest absolute Gasteiger partial charge is 0.161 e. The van der Waals surface area contributed by atoms with E-state index >= 15 is 0 Å². The van der Waals surface area contributed by atoms with Crippen molar-refractivity contribution >= 4 is 15.9 Å². The van der Waals surface area contributed by atoms with Crippen molar-refractivity contribution in [2.24, 2.45) is 0 Å². The van der Waals surface area contributed by atoms with Crippen molar-refractivity contribution in [3.63, 3.8) is 0 Å². The van der Waals surface area contributed by atoms with Gasteiger partial charge in [0.1, 0.15) is 12.4 Å². The molecule has 4 heteroatoms. The van der Waals surface area contributed by atoms with Gasteiger partial charge in [0.15, 0.2) is 11.5 Å². The average Bonchev–Trinajstić information content (AvgIpc) is 2.39. The van der Waals surface area contributed by atoms with Crippen LogP contribution in [-0.2, 0) is 6.61 Å². The molecule has 18 heavy (non-hydrogen) atoms. The molecule has 0 radical (unpaired) electrons. The SMILES string of the molecule is COc1cc(Br)ccc1OCc1ccccc1F. The minimum atomic E-state index is -0.270. The fourth-order valence-corrected chi connectivity index (χ4v) is 1.87. The van der Waals surface area contributed by atoms with Gasteiger partial charge in [-0.2, -0.15) is 0 Å². The maximum Gasteiger partial charge on any atom is 0.161 e. The summed E-state index contributed by atoms with van der Waals surface area (Å²) in [6.45, 7) is 0.171. The highest BCUT2D eigenvalue weighted by molar-refractivity contribution is 9.10. The standard InChI is InChI=1S/C14H12BrFO2/c1-17-14-8-11(15)6-7-13(14)18-9-10-4-2-3-5-12(10)16/h2-8H,9H2,1H3. The van der Waals surface area contributed by atoms with Crippen molar-refractivity contribution in [2.75, 3.05) is 7.11 Å². The molecule has 0 bridgehead atoms. The molecule has 0 unspecified atom stereocenters. The minimum absolute atomic E-state index is 0.171. The number of rotatable bonds is 4. The Bertz CT molecular complexity index is 543.